The third-order valence-corrected chi connectivity index (χ3v) is 6.12. The van der Waals surface area contributed by atoms with E-state index in [4.69, 9.17) is 25.1 Å². The standard InChI is InChI=1S/C20H21N5O.2C2HF3O2/c21-12-16-3-4-18(23-14-16)24-10-7-20(8-11-24)6-5-19(26)25(20)15-17-2-1-9-22-13-17;2*3-2(4,5)1(6)7/h1-4,9,13-14H,5-8,10-11,15H2;2*(H,6,7). The Morgan fingerprint density at radius 1 is 0.975 bits per heavy atom. The van der Waals surface area contributed by atoms with Gasteiger partial charge in [-0.1, -0.05) is 6.07 Å². The molecule has 2 saturated heterocycles. The predicted octanol–water partition coefficient (Wildman–Crippen LogP) is 3.78. The Morgan fingerprint density at radius 3 is 1.98 bits per heavy atom. The second-order valence-corrected chi connectivity index (χ2v) is 8.68. The van der Waals surface area contributed by atoms with Crippen LogP contribution >= 0.6 is 0 Å². The lowest BCUT2D eigenvalue weighted by Gasteiger charge is -2.45. The van der Waals surface area contributed by atoms with Gasteiger partial charge in [0.05, 0.1) is 5.56 Å². The second-order valence-electron chi connectivity index (χ2n) is 8.68. The van der Waals surface area contributed by atoms with E-state index in [0.29, 0.717) is 18.5 Å². The van der Waals surface area contributed by atoms with Crippen molar-refractivity contribution in [3.05, 3.63) is 54.0 Å². The molecule has 0 aliphatic carbocycles. The van der Waals surface area contributed by atoms with Crippen molar-refractivity contribution in [3.8, 4) is 6.07 Å². The molecule has 2 aliphatic rings. The van der Waals surface area contributed by atoms with Crippen LogP contribution in [0.3, 0.4) is 0 Å². The molecule has 2 fully saturated rings. The Balaban J connectivity index is 0.000000333. The number of hydrogen-bond acceptors (Lipinski definition) is 7. The van der Waals surface area contributed by atoms with Gasteiger partial charge >= 0.3 is 24.3 Å². The number of carboxylic acids is 2. The SMILES string of the molecule is N#Cc1ccc(N2CCC3(CCC(=O)N3Cc3cccnc3)CC2)nc1.O=C(O)C(F)(F)F.O=C(O)C(F)(F)F. The van der Waals surface area contributed by atoms with E-state index >= 15 is 0 Å². The number of anilines is 1. The van der Waals surface area contributed by atoms with Crippen molar-refractivity contribution in [1.82, 2.24) is 14.9 Å². The van der Waals surface area contributed by atoms with Gasteiger partial charge in [-0.05, 0) is 43.0 Å². The highest BCUT2D eigenvalue weighted by molar-refractivity contribution is 5.80. The number of piperidine rings is 1. The molecule has 2 aromatic rings. The molecule has 0 radical (unpaired) electrons. The smallest absolute Gasteiger partial charge is 0.475 e. The highest BCUT2D eigenvalue weighted by Crippen LogP contribution is 2.40. The maximum Gasteiger partial charge on any atom is 0.490 e. The van der Waals surface area contributed by atoms with Gasteiger partial charge in [0.2, 0.25) is 5.91 Å². The van der Waals surface area contributed by atoms with Gasteiger partial charge < -0.3 is 20.0 Å². The normalized spacial score (nSPS) is 16.3. The van der Waals surface area contributed by atoms with Crippen LogP contribution in [0.25, 0.3) is 0 Å². The van der Waals surface area contributed by atoms with Gasteiger partial charge in [0.15, 0.2) is 0 Å². The van der Waals surface area contributed by atoms with Crippen molar-refractivity contribution < 1.29 is 50.9 Å². The molecule has 2 aliphatic heterocycles. The maximum absolute atomic E-state index is 12.5. The number of carbonyl (C=O) groups excluding carboxylic acids is 1. The zero-order chi connectivity index (χ0) is 30.1. The van der Waals surface area contributed by atoms with E-state index in [2.05, 4.69) is 25.8 Å². The van der Waals surface area contributed by atoms with Gasteiger partial charge in [-0.3, -0.25) is 9.78 Å². The van der Waals surface area contributed by atoms with E-state index in [1.165, 1.54) is 0 Å². The molecule has 16 heteroatoms. The number of pyridine rings is 2. The van der Waals surface area contributed by atoms with E-state index in [-0.39, 0.29) is 11.4 Å². The maximum atomic E-state index is 12.5. The van der Waals surface area contributed by atoms with Crippen LogP contribution in [-0.4, -0.2) is 73.9 Å². The number of amides is 1. The predicted molar refractivity (Wildman–Crippen MR) is 125 cm³/mol. The minimum absolute atomic E-state index is 0.0456. The third kappa shape index (κ3) is 8.82. The molecule has 0 bridgehead atoms. The monoisotopic (exact) mass is 575 g/mol. The van der Waals surface area contributed by atoms with Gasteiger partial charge in [-0.25, -0.2) is 14.6 Å². The lowest BCUT2D eigenvalue weighted by molar-refractivity contribution is -0.193. The Bertz CT molecular complexity index is 1180. The molecular weight excluding hydrogens is 552 g/mol. The van der Waals surface area contributed by atoms with Crippen molar-refractivity contribution in [2.75, 3.05) is 18.0 Å². The summed E-state index contributed by atoms with van der Waals surface area (Å²) in [5.41, 5.74) is 1.61. The minimum atomic E-state index is -5.08. The summed E-state index contributed by atoms with van der Waals surface area (Å²) >= 11 is 0. The number of carbonyl (C=O) groups is 3. The number of nitrogens with zero attached hydrogens (tertiary/aromatic N) is 5. The van der Waals surface area contributed by atoms with Crippen molar-refractivity contribution in [3.63, 3.8) is 0 Å². The van der Waals surface area contributed by atoms with Crippen molar-refractivity contribution >= 4 is 23.7 Å². The molecule has 4 heterocycles. The van der Waals surface area contributed by atoms with E-state index in [0.717, 1.165) is 43.7 Å². The zero-order valence-corrected chi connectivity index (χ0v) is 20.6. The molecule has 0 unspecified atom stereocenters. The Kier molecular flexibility index (Phi) is 10.4. The molecule has 0 atom stereocenters. The van der Waals surface area contributed by atoms with Crippen molar-refractivity contribution in [1.29, 1.82) is 5.26 Å². The van der Waals surface area contributed by atoms with E-state index < -0.39 is 24.3 Å². The van der Waals surface area contributed by atoms with Crippen LogP contribution in [0.2, 0.25) is 0 Å². The largest absolute Gasteiger partial charge is 0.490 e. The number of likely N-dealkylation sites (tertiary alicyclic amines) is 1. The Labute approximate surface area is 223 Å². The third-order valence-electron chi connectivity index (χ3n) is 6.12. The molecule has 1 amide bonds. The number of alkyl halides is 6. The van der Waals surface area contributed by atoms with Gasteiger partial charge in [0.1, 0.15) is 11.9 Å². The number of carboxylic acid groups (broad SMARTS) is 2. The number of aromatic nitrogens is 2. The molecule has 10 nitrogen and oxygen atoms in total. The number of nitriles is 1. The van der Waals surface area contributed by atoms with E-state index in [1.54, 1.807) is 18.5 Å². The summed E-state index contributed by atoms with van der Waals surface area (Å²) in [6.45, 7) is 2.38. The van der Waals surface area contributed by atoms with Crippen molar-refractivity contribution in [2.45, 2.75) is 50.1 Å². The van der Waals surface area contributed by atoms with E-state index in [1.807, 2.05) is 24.4 Å². The highest BCUT2D eigenvalue weighted by Gasteiger charge is 2.47. The van der Waals surface area contributed by atoms with Crippen LogP contribution in [0.1, 0.15) is 36.8 Å². The van der Waals surface area contributed by atoms with Gasteiger partial charge in [-0.2, -0.15) is 31.6 Å². The minimum Gasteiger partial charge on any atom is -0.475 e. The van der Waals surface area contributed by atoms with Gasteiger partial charge in [0.25, 0.3) is 0 Å². The number of aliphatic carboxylic acids is 2. The fourth-order valence-corrected chi connectivity index (χ4v) is 4.12. The molecule has 1 spiro atoms. The zero-order valence-electron chi connectivity index (χ0n) is 20.6. The van der Waals surface area contributed by atoms with Gasteiger partial charge in [-0.15, -0.1) is 0 Å². The summed E-state index contributed by atoms with van der Waals surface area (Å²) in [5, 5.41) is 23.2. The van der Waals surface area contributed by atoms with Crippen molar-refractivity contribution in [2.24, 2.45) is 0 Å². The second kappa shape index (κ2) is 13.1. The molecule has 2 aromatic heterocycles. The Hall–Kier alpha value is -4.42. The average Bonchev–Trinajstić information content (AvgIpc) is 3.19. The first-order valence-corrected chi connectivity index (χ1v) is 11.5. The van der Waals surface area contributed by atoms with E-state index in [9.17, 15) is 31.1 Å². The van der Waals surface area contributed by atoms with Crippen LogP contribution in [0, 0.1) is 11.3 Å². The lowest BCUT2D eigenvalue weighted by Crippen LogP contribution is -2.53. The van der Waals surface area contributed by atoms with Crippen LogP contribution in [0.5, 0.6) is 0 Å². The average molecular weight is 575 g/mol. The first-order valence-electron chi connectivity index (χ1n) is 11.5. The molecular formula is C24H23F6N5O5. The molecule has 2 N–H and O–H groups in total. The summed E-state index contributed by atoms with van der Waals surface area (Å²) < 4.78 is 63.5. The lowest BCUT2D eigenvalue weighted by atomic mass is 9.84. The Morgan fingerprint density at radius 2 is 1.55 bits per heavy atom. The topological polar surface area (TPSA) is 148 Å². The van der Waals surface area contributed by atoms with Crippen LogP contribution in [0.15, 0.2) is 42.9 Å². The molecule has 40 heavy (non-hydrogen) atoms. The molecule has 0 aromatic carbocycles. The molecule has 216 valence electrons. The summed E-state index contributed by atoms with van der Waals surface area (Å²) in [7, 11) is 0. The summed E-state index contributed by atoms with van der Waals surface area (Å²) in [6.07, 6.45) is -1.49. The highest BCUT2D eigenvalue weighted by atomic mass is 19.4. The first kappa shape index (κ1) is 31.8. The quantitative estimate of drug-likeness (QED) is 0.522. The fourth-order valence-electron chi connectivity index (χ4n) is 4.12. The molecule has 0 saturated carbocycles. The number of halogens is 6. The fraction of sp³-hybridized carbons (Fsp3) is 0.417. The van der Waals surface area contributed by atoms with Crippen LogP contribution in [0.4, 0.5) is 32.2 Å². The molecule has 4 rings (SSSR count). The number of rotatable bonds is 3. The summed E-state index contributed by atoms with van der Waals surface area (Å²) in [6, 6.07) is 9.76. The first-order chi connectivity index (χ1) is 18.6. The van der Waals surface area contributed by atoms with Crippen LogP contribution in [-0.2, 0) is 20.9 Å². The van der Waals surface area contributed by atoms with Crippen LogP contribution < -0.4 is 4.90 Å². The van der Waals surface area contributed by atoms with Gasteiger partial charge in [0, 0.05) is 50.2 Å². The number of hydrogen-bond donors (Lipinski definition) is 2. The summed E-state index contributed by atoms with van der Waals surface area (Å²) in [5.74, 6) is -4.36. The summed E-state index contributed by atoms with van der Waals surface area (Å²) in [4.78, 5) is 43.2.